The number of aromatic nitrogens is 3. The van der Waals surface area contributed by atoms with Crippen molar-refractivity contribution in [3.63, 3.8) is 0 Å². The van der Waals surface area contributed by atoms with E-state index in [2.05, 4.69) is 30.5 Å². The summed E-state index contributed by atoms with van der Waals surface area (Å²) in [5.41, 5.74) is 1.52. The molecule has 4 rings (SSSR count). The molecule has 1 atom stereocenters. The molecule has 7 nitrogen and oxygen atoms in total. The number of pyridine rings is 3. The minimum Gasteiger partial charge on any atom is -0.354 e. The van der Waals surface area contributed by atoms with Crippen LogP contribution in [-0.2, 0) is 11.0 Å². The maximum Gasteiger partial charge on any atom is 0.416 e. The zero-order valence-corrected chi connectivity index (χ0v) is 18.1. The minimum absolute atomic E-state index is 0.0413. The number of anilines is 3. The van der Waals surface area contributed by atoms with Crippen LogP contribution in [0.1, 0.15) is 24.5 Å². The van der Waals surface area contributed by atoms with Crippen molar-refractivity contribution in [3.05, 3.63) is 59.9 Å². The molecular formula is C23H23F3N6O. The molecule has 2 N–H and O–H groups in total. The van der Waals surface area contributed by atoms with Crippen LogP contribution in [0.25, 0.3) is 11.3 Å². The Morgan fingerprint density at radius 2 is 1.94 bits per heavy atom. The fourth-order valence-electron chi connectivity index (χ4n) is 3.78. The van der Waals surface area contributed by atoms with Crippen molar-refractivity contribution in [1.82, 2.24) is 20.3 Å². The quantitative estimate of drug-likeness (QED) is 0.595. The normalized spacial score (nSPS) is 16.0. The standard InChI is InChI=1S/C23H23F3N6O/c1-14-9-19(30-21(10-14)31-20-11-17(5-7-27-20)23(24,25)26)16-3-4-22(28-12-16)32-8-6-18(13-32)29-15(2)33/h3-5,7,9-12,18H,6,8,13H2,1-2H3,(H,29,33)(H,27,30,31). The molecule has 10 heteroatoms. The van der Waals surface area contributed by atoms with E-state index in [4.69, 9.17) is 0 Å². The van der Waals surface area contributed by atoms with Gasteiger partial charge in [-0.05, 0) is 55.3 Å². The van der Waals surface area contributed by atoms with Gasteiger partial charge in [-0.1, -0.05) is 0 Å². The number of hydrogen-bond donors (Lipinski definition) is 2. The Morgan fingerprint density at radius 3 is 2.64 bits per heavy atom. The number of nitrogens with one attached hydrogen (secondary N) is 2. The highest BCUT2D eigenvalue weighted by atomic mass is 19.4. The van der Waals surface area contributed by atoms with Gasteiger partial charge in [-0.2, -0.15) is 13.2 Å². The van der Waals surface area contributed by atoms with Gasteiger partial charge < -0.3 is 15.5 Å². The van der Waals surface area contributed by atoms with E-state index in [-0.39, 0.29) is 17.8 Å². The van der Waals surface area contributed by atoms with Crippen LogP contribution in [0.15, 0.2) is 48.8 Å². The summed E-state index contributed by atoms with van der Waals surface area (Å²) < 4.78 is 38.9. The summed E-state index contributed by atoms with van der Waals surface area (Å²) in [5, 5.41) is 5.79. The third-order valence-electron chi connectivity index (χ3n) is 5.28. The predicted octanol–water partition coefficient (Wildman–Crippen LogP) is 4.32. The summed E-state index contributed by atoms with van der Waals surface area (Å²) in [5.74, 6) is 1.22. The molecule has 172 valence electrons. The molecule has 1 unspecified atom stereocenters. The molecule has 0 bridgehead atoms. The van der Waals surface area contributed by atoms with E-state index in [1.165, 1.54) is 6.92 Å². The molecule has 3 aromatic heterocycles. The summed E-state index contributed by atoms with van der Waals surface area (Å²) in [4.78, 5) is 26.4. The lowest BCUT2D eigenvalue weighted by molar-refractivity contribution is -0.137. The molecule has 0 aliphatic carbocycles. The first-order valence-corrected chi connectivity index (χ1v) is 10.4. The van der Waals surface area contributed by atoms with Crippen molar-refractivity contribution in [2.75, 3.05) is 23.3 Å². The second-order valence-electron chi connectivity index (χ2n) is 8.00. The van der Waals surface area contributed by atoms with Crippen LogP contribution in [-0.4, -0.2) is 40.0 Å². The predicted molar refractivity (Wildman–Crippen MR) is 119 cm³/mol. The first-order valence-electron chi connectivity index (χ1n) is 10.4. The molecule has 1 aliphatic rings. The Labute approximate surface area is 189 Å². The number of alkyl halides is 3. The third-order valence-corrected chi connectivity index (χ3v) is 5.28. The summed E-state index contributed by atoms with van der Waals surface area (Å²) in [6.45, 7) is 4.89. The fraction of sp³-hybridized carbons (Fsp3) is 0.304. The third kappa shape index (κ3) is 5.57. The van der Waals surface area contributed by atoms with Crippen molar-refractivity contribution in [1.29, 1.82) is 0 Å². The van der Waals surface area contributed by atoms with Gasteiger partial charge in [0.2, 0.25) is 5.91 Å². The number of carbonyl (C=O) groups excluding carboxylic acids is 1. The van der Waals surface area contributed by atoms with E-state index in [1.807, 2.05) is 25.1 Å². The molecule has 1 fully saturated rings. The first kappa shape index (κ1) is 22.5. The van der Waals surface area contributed by atoms with Crippen LogP contribution in [0.5, 0.6) is 0 Å². The lowest BCUT2D eigenvalue weighted by Gasteiger charge is -2.18. The zero-order chi connectivity index (χ0) is 23.6. The average Bonchev–Trinajstić information content (AvgIpc) is 3.21. The van der Waals surface area contributed by atoms with Gasteiger partial charge >= 0.3 is 6.18 Å². The molecule has 1 aliphatic heterocycles. The van der Waals surface area contributed by atoms with Gasteiger partial charge in [0, 0.05) is 44.0 Å². The van der Waals surface area contributed by atoms with Gasteiger partial charge in [0.15, 0.2) is 0 Å². The van der Waals surface area contributed by atoms with Crippen LogP contribution in [0, 0.1) is 6.92 Å². The smallest absolute Gasteiger partial charge is 0.354 e. The molecule has 0 radical (unpaired) electrons. The molecular weight excluding hydrogens is 433 g/mol. The van der Waals surface area contributed by atoms with Gasteiger partial charge in [0.25, 0.3) is 0 Å². The maximum absolute atomic E-state index is 13.0. The van der Waals surface area contributed by atoms with E-state index in [9.17, 15) is 18.0 Å². The highest BCUT2D eigenvalue weighted by Gasteiger charge is 2.30. The molecule has 1 saturated heterocycles. The van der Waals surface area contributed by atoms with Crippen LogP contribution < -0.4 is 15.5 Å². The Bertz CT molecular complexity index is 1150. The van der Waals surface area contributed by atoms with Crippen LogP contribution in [0.4, 0.5) is 30.6 Å². The van der Waals surface area contributed by atoms with E-state index < -0.39 is 11.7 Å². The van der Waals surface area contributed by atoms with Gasteiger partial charge in [0.05, 0.1) is 11.3 Å². The second-order valence-corrected chi connectivity index (χ2v) is 8.00. The molecule has 0 aromatic carbocycles. The maximum atomic E-state index is 13.0. The van der Waals surface area contributed by atoms with Gasteiger partial charge in [-0.15, -0.1) is 0 Å². The zero-order valence-electron chi connectivity index (χ0n) is 18.1. The van der Waals surface area contributed by atoms with Gasteiger partial charge in [0.1, 0.15) is 17.5 Å². The van der Waals surface area contributed by atoms with E-state index >= 15 is 0 Å². The van der Waals surface area contributed by atoms with Crippen LogP contribution in [0.2, 0.25) is 0 Å². The van der Waals surface area contributed by atoms with Crippen molar-refractivity contribution < 1.29 is 18.0 Å². The molecule has 1 amide bonds. The Hall–Kier alpha value is -3.69. The average molecular weight is 456 g/mol. The van der Waals surface area contributed by atoms with Gasteiger partial charge in [-0.3, -0.25) is 4.79 Å². The first-order chi connectivity index (χ1) is 15.7. The summed E-state index contributed by atoms with van der Waals surface area (Å²) in [6.07, 6.45) is -0.759. The molecule has 33 heavy (non-hydrogen) atoms. The topological polar surface area (TPSA) is 83.0 Å². The van der Waals surface area contributed by atoms with E-state index in [0.717, 1.165) is 48.2 Å². The van der Waals surface area contributed by atoms with E-state index in [1.54, 1.807) is 12.3 Å². The fourth-order valence-corrected chi connectivity index (χ4v) is 3.78. The van der Waals surface area contributed by atoms with Gasteiger partial charge in [-0.25, -0.2) is 15.0 Å². The van der Waals surface area contributed by atoms with Crippen LogP contribution >= 0.6 is 0 Å². The molecule has 0 spiro atoms. The number of rotatable bonds is 5. The van der Waals surface area contributed by atoms with Crippen LogP contribution in [0.3, 0.4) is 0 Å². The Kier molecular flexibility index (Phi) is 6.17. The number of nitrogens with zero attached hydrogens (tertiary/aromatic N) is 4. The second kappa shape index (κ2) is 9.05. The van der Waals surface area contributed by atoms with E-state index in [0.29, 0.717) is 18.1 Å². The molecule has 3 aromatic rings. The summed E-state index contributed by atoms with van der Waals surface area (Å²) in [7, 11) is 0. The van der Waals surface area contributed by atoms with Crippen molar-refractivity contribution in [2.45, 2.75) is 32.5 Å². The highest BCUT2D eigenvalue weighted by molar-refractivity contribution is 5.73. The minimum atomic E-state index is -4.45. The van der Waals surface area contributed by atoms with Crippen molar-refractivity contribution in [3.8, 4) is 11.3 Å². The number of hydrogen-bond acceptors (Lipinski definition) is 6. The monoisotopic (exact) mass is 456 g/mol. The lowest BCUT2D eigenvalue weighted by atomic mass is 10.1. The Morgan fingerprint density at radius 1 is 1.12 bits per heavy atom. The lowest BCUT2D eigenvalue weighted by Crippen LogP contribution is -2.35. The SMILES string of the molecule is CC(=O)NC1CCN(c2ccc(-c3cc(C)cc(Nc4cc(C(F)(F)F)ccn4)n3)cn2)C1. The summed E-state index contributed by atoms with van der Waals surface area (Å²) in [6, 6.07) is 9.40. The van der Waals surface area contributed by atoms with Crippen molar-refractivity contribution in [2.24, 2.45) is 0 Å². The number of amides is 1. The largest absolute Gasteiger partial charge is 0.416 e. The molecule has 4 heterocycles. The Balaban J connectivity index is 1.51. The number of halogens is 3. The molecule has 0 saturated carbocycles. The number of aryl methyl sites for hydroxylation is 1. The summed E-state index contributed by atoms with van der Waals surface area (Å²) >= 11 is 0. The highest BCUT2D eigenvalue weighted by Crippen LogP contribution is 2.31. The van der Waals surface area contributed by atoms with Crippen molar-refractivity contribution >= 4 is 23.4 Å². The number of carbonyl (C=O) groups is 1.